The van der Waals surface area contributed by atoms with Gasteiger partial charge in [-0.05, 0) is 25.7 Å². The van der Waals surface area contributed by atoms with E-state index in [1.165, 1.54) is 0 Å². The Balaban J connectivity index is 3.06. The SMILES string of the molecule is CC(C)S(=O)(=O)C1CC(=O)CCC1(C)C. The van der Waals surface area contributed by atoms with Gasteiger partial charge in [0.25, 0.3) is 0 Å². The lowest BCUT2D eigenvalue weighted by Gasteiger charge is -2.38. The number of carbonyl (C=O) groups is 1. The van der Waals surface area contributed by atoms with Crippen molar-refractivity contribution < 1.29 is 13.2 Å². The Bertz CT molecular complexity index is 352. The Morgan fingerprint density at radius 2 is 1.87 bits per heavy atom. The lowest BCUT2D eigenvalue weighted by molar-refractivity contribution is -0.121. The average Bonchev–Trinajstić information content (AvgIpc) is 2.09. The van der Waals surface area contributed by atoms with Gasteiger partial charge in [0, 0.05) is 12.8 Å². The molecular weight excluding hydrogens is 212 g/mol. The number of Topliss-reactive ketones (excluding diaryl/α,β-unsaturated/α-hetero) is 1. The van der Waals surface area contributed by atoms with Gasteiger partial charge in [0.15, 0.2) is 9.84 Å². The van der Waals surface area contributed by atoms with E-state index in [9.17, 15) is 13.2 Å². The molecule has 4 heteroatoms. The quantitative estimate of drug-likeness (QED) is 0.731. The number of hydrogen-bond donors (Lipinski definition) is 0. The van der Waals surface area contributed by atoms with Gasteiger partial charge in [-0.3, -0.25) is 4.79 Å². The summed E-state index contributed by atoms with van der Waals surface area (Å²) in [5.74, 6) is 0.0866. The van der Waals surface area contributed by atoms with Crippen molar-refractivity contribution in [2.45, 2.75) is 57.5 Å². The molecule has 3 nitrogen and oxygen atoms in total. The Morgan fingerprint density at radius 3 is 2.33 bits per heavy atom. The summed E-state index contributed by atoms with van der Waals surface area (Å²) in [6.45, 7) is 7.27. The van der Waals surface area contributed by atoms with Crippen molar-refractivity contribution in [2.75, 3.05) is 0 Å². The Morgan fingerprint density at radius 1 is 1.33 bits per heavy atom. The summed E-state index contributed by atoms with van der Waals surface area (Å²) in [6.07, 6.45) is 1.41. The highest BCUT2D eigenvalue weighted by Crippen LogP contribution is 2.39. The van der Waals surface area contributed by atoms with Crippen LogP contribution in [0.5, 0.6) is 0 Å². The molecule has 1 aliphatic carbocycles. The molecule has 0 aliphatic heterocycles. The van der Waals surface area contributed by atoms with E-state index in [1.54, 1.807) is 13.8 Å². The molecule has 0 aromatic rings. The van der Waals surface area contributed by atoms with E-state index in [0.717, 1.165) is 0 Å². The van der Waals surface area contributed by atoms with Crippen LogP contribution in [0.1, 0.15) is 47.0 Å². The first-order valence-electron chi connectivity index (χ1n) is 5.42. The number of ketones is 1. The van der Waals surface area contributed by atoms with Gasteiger partial charge in [0.2, 0.25) is 0 Å². The van der Waals surface area contributed by atoms with E-state index in [4.69, 9.17) is 0 Å². The monoisotopic (exact) mass is 232 g/mol. The smallest absolute Gasteiger partial charge is 0.156 e. The summed E-state index contributed by atoms with van der Waals surface area (Å²) < 4.78 is 24.2. The maximum absolute atomic E-state index is 12.1. The van der Waals surface area contributed by atoms with E-state index >= 15 is 0 Å². The first-order chi connectivity index (χ1) is 6.68. The molecule has 1 rings (SSSR count). The van der Waals surface area contributed by atoms with Crippen LogP contribution in [-0.4, -0.2) is 24.7 Å². The molecule has 15 heavy (non-hydrogen) atoms. The summed E-state index contributed by atoms with van der Waals surface area (Å²) in [6, 6.07) is 0. The Hall–Kier alpha value is -0.380. The van der Waals surface area contributed by atoms with Gasteiger partial charge < -0.3 is 0 Å². The minimum atomic E-state index is -3.16. The first kappa shape index (κ1) is 12.7. The molecule has 88 valence electrons. The molecule has 0 heterocycles. The van der Waals surface area contributed by atoms with Crippen LogP contribution in [0.4, 0.5) is 0 Å². The summed E-state index contributed by atoms with van der Waals surface area (Å²) in [5, 5.41) is -0.890. The van der Waals surface area contributed by atoms with Crippen molar-refractivity contribution in [3.8, 4) is 0 Å². The standard InChI is InChI=1S/C11H20O3S/c1-8(2)15(13,14)10-7-9(12)5-6-11(10,3)4/h8,10H,5-7H2,1-4H3. The molecule has 1 fully saturated rings. The Labute approximate surface area is 92.2 Å². The van der Waals surface area contributed by atoms with Gasteiger partial charge >= 0.3 is 0 Å². The minimum absolute atomic E-state index is 0.0866. The summed E-state index contributed by atoms with van der Waals surface area (Å²) in [4.78, 5) is 11.4. The van der Waals surface area contributed by atoms with Gasteiger partial charge in [0.05, 0.1) is 10.5 Å². The van der Waals surface area contributed by atoms with Crippen molar-refractivity contribution in [1.82, 2.24) is 0 Å². The topological polar surface area (TPSA) is 51.2 Å². The molecule has 0 bridgehead atoms. The molecular formula is C11H20O3S. The number of rotatable bonds is 2. The molecule has 1 saturated carbocycles. The molecule has 0 aromatic carbocycles. The van der Waals surface area contributed by atoms with Crippen LogP contribution in [-0.2, 0) is 14.6 Å². The molecule has 1 aliphatic rings. The zero-order valence-electron chi connectivity index (χ0n) is 9.91. The molecule has 0 amide bonds. The summed E-state index contributed by atoms with van der Waals surface area (Å²) in [7, 11) is -3.16. The summed E-state index contributed by atoms with van der Waals surface area (Å²) in [5.41, 5.74) is -0.267. The fraction of sp³-hybridized carbons (Fsp3) is 0.909. The van der Waals surface area contributed by atoms with Gasteiger partial charge in [-0.1, -0.05) is 13.8 Å². The zero-order valence-corrected chi connectivity index (χ0v) is 10.7. The van der Waals surface area contributed by atoms with E-state index < -0.39 is 20.3 Å². The summed E-state index contributed by atoms with van der Waals surface area (Å²) >= 11 is 0. The number of sulfone groups is 1. The van der Waals surface area contributed by atoms with E-state index in [0.29, 0.717) is 12.8 Å². The van der Waals surface area contributed by atoms with Crippen LogP contribution in [0.3, 0.4) is 0 Å². The predicted octanol–water partition coefficient (Wildman–Crippen LogP) is 1.96. The van der Waals surface area contributed by atoms with Crippen molar-refractivity contribution >= 4 is 15.6 Å². The highest BCUT2D eigenvalue weighted by Gasteiger charge is 2.44. The minimum Gasteiger partial charge on any atom is -0.300 e. The maximum atomic E-state index is 12.1. The predicted molar refractivity (Wildman–Crippen MR) is 60.5 cm³/mol. The van der Waals surface area contributed by atoms with Gasteiger partial charge in [0.1, 0.15) is 5.78 Å². The number of hydrogen-bond acceptors (Lipinski definition) is 3. The average molecular weight is 232 g/mol. The molecule has 0 radical (unpaired) electrons. The first-order valence-corrected chi connectivity index (χ1v) is 7.03. The number of carbonyl (C=O) groups excluding carboxylic acids is 1. The lowest BCUT2D eigenvalue weighted by Crippen LogP contribution is -2.44. The van der Waals surface area contributed by atoms with Crippen LogP contribution >= 0.6 is 0 Å². The zero-order chi connectivity index (χ0) is 11.9. The van der Waals surface area contributed by atoms with Gasteiger partial charge in [-0.2, -0.15) is 0 Å². The largest absolute Gasteiger partial charge is 0.300 e. The van der Waals surface area contributed by atoms with Crippen molar-refractivity contribution in [3.05, 3.63) is 0 Å². The van der Waals surface area contributed by atoms with Gasteiger partial charge in [-0.25, -0.2) is 8.42 Å². The van der Waals surface area contributed by atoms with Crippen LogP contribution in [0.2, 0.25) is 0 Å². The fourth-order valence-corrected chi connectivity index (χ4v) is 4.18. The highest BCUT2D eigenvalue weighted by atomic mass is 32.2. The van der Waals surface area contributed by atoms with E-state index in [2.05, 4.69) is 0 Å². The molecule has 0 spiro atoms. The highest BCUT2D eigenvalue weighted by molar-refractivity contribution is 7.92. The van der Waals surface area contributed by atoms with Crippen molar-refractivity contribution in [2.24, 2.45) is 5.41 Å². The van der Waals surface area contributed by atoms with Crippen LogP contribution in [0.25, 0.3) is 0 Å². The fourth-order valence-electron chi connectivity index (χ4n) is 2.10. The maximum Gasteiger partial charge on any atom is 0.156 e. The lowest BCUT2D eigenvalue weighted by atomic mass is 9.76. The van der Waals surface area contributed by atoms with E-state index in [-0.39, 0.29) is 17.6 Å². The third-order valence-electron chi connectivity index (χ3n) is 3.39. The second-order valence-corrected chi connectivity index (χ2v) is 8.05. The van der Waals surface area contributed by atoms with Gasteiger partial charge in [-0.15, -0.1) is 0 Å². The van der Waals surface area contributed by atoms with Crippen LogP contribution in [0, 0.1) is 5.41 Å². The van der Waals surface area contributed by atoms with Crippen molar-refractivity contribution in [1.29, 1.82) is 0 Å². The second-order valence-electron chi connectivity index (χ2n) is 5.36. The van der Waals surface area contributed by atoms with Crippen molar-refractivity contribution in [3.63, 3.8) is 0 Å². The third kappa shape index (κ3) is 2.41. The molecule has 0 saturated heterocycles. The molecule has 0 N–H and O–H groups in total. The molecule has 1 unspecified atom stereocenters. The van der Waals surface area contributed by atoms with Crippen LogP contribution < -0.4 is 0 Å². The second kappa shape index (κ2) is 3.89. The Kier molecular flexibility index (Phi) is 3.29. The molecule has 1 atom stereocenters. The van der Waals surface area contributed by atoms with E-state index in [1.807, 2.05) is 13.8 Å². The molecule has 0 aromatic heterocycles. The normalized spacial score (nSPS) is 27.0. The van der Waals surface area contributed by atoms with Crippen LogP contribution in [0.15, 0.2) is 0 Å². The third-order valence-corrected chi connectivity index (χ3v) is 6.30.